The largest absolute Gasteiger partial charge is 0.385 e. The van der Waals surface area contributed by atoms with E-state index in [9.17, 15) is 4.39 Å². The summed E-state index contributed by atoms with van der Waals surface area (Å²) in [6.45, 7) is 1.03. The molecular formula is C17H18FN. The first-order valence-corrected chi connectivity index (χ1v) is 6.90. The third-order valence-electron chi connectivity index (χ3n) is 3.88. The molecule has 1 N–H and O–H groups in total. The molecule has 0 fully saturated rings. The molecule has 1 atom stereocenters. The number of rotatable bonds is 3. The highest BCUT2D eigenvalue weighted by molar-refractivity contribution is 5.54. The lowest BCUT2D eigenvalue weighted by Crippen LogP contribution is -2.17. The molecule has 0 saturated heterocycles. The van der Waals surface area contributed by atoms with Crippen LogP contribution in [0.2, 0.25) is 0 Å². The summed E-state index contributed by atoms with van der Waals surface area (Å²) in [4.78, 5) is 0. The van der Waals surface area contributed by atoms with Crippen molar-refractivity contribution in [2.45, 2.75) is 25.2 Å². The van der Waals surface area contributed by atoms with Crippen molar-refractivity contribution < 1.29 is 4.39 Å². The summed E-state index contributed by atoms with van der Waals surface area (Å²) in [5.74, 6) is 0.448. The van der Waals surface area contributed by atoms with Gasteiger partial charge in [0.05, 0.1) is 0 Å². The Bertz CT molecular complexity index is 565. The van der Waals surface area contributed by atoms with Crippen molar-refractivity contribution in [1.82, 2.24) is 0 Å². The number of benzene rings is 2. The molecule has 2 aromatic carbocycles. The molecule has 19 heavy (non-hydrogen) atoms. The summed E-state index contributed by atoms with van der Waals surface area (Å²) in [6, 6.07) is 15.5. The second kappa shape index (κ2) is 5.43. The van der Waals surface area contributed by atoms with Crippen LogP contribution in [0.25, 0.3) is 0 Å². The zero-order valence-electron chi connectivity index (χ0n) is 10.9. The molecule has 0 aliphatic carbocycles. The van der Waals surface area contributed by atoms with Crippen molar-refractivity contribution in [1.29, 1.82) is 0 Å². The molecule has 3 rings (SSSR count). The fourth-order valence-corrected chi connectivity index (χ4v) is 2.88. The Hall–Kier alpha value is -1.83. The van der Waals surface area contributed by atoms with E-state index in [1.807, 2.05) is 6.07 Å². The molecule has 2 aromatic rings. The average Bonchev–Trinajstić information content (AvgIpc) is 2.45. The van der Waals surface area contributed by atoms with E-state index in [-0.39, 0.29) is 5.82 Å². The van der Waals surface area contributed by atoms with Crippen LogP contribution in [0.3, 0.4) is 0 Å². The summed E-state index contributed by atoms with van der Waals surface area (Å²) in [6.07, 6.45) is 3.19. The number of para-hydroxylation sites is 1. The molecule has 1 unspecified atom stereocenters. The first kappa shape index (κ1) is 12.2. The van der Waals surface area contributed by atoms with Crippen molar-refractivity contribution >= 4 is 5.69 Å². The molecule has 1 nitrogen and oxygen atoms in total. The van der Waals surface area contributed by atoms with Crippen LogP contribution >= 0.6 is 0 Å². The fraction of sp³-hybridized carbons (Fsp3) is 0.294. The fourth-order valence-electron chi connectivity index (χ4n) is 2.88. The molecule has 0 radical (unpaired) electrons. The van der Waals surface area contributed by atoms with E-state index in [2.05, 4.69) is 29.6 Å². The summed E-state index contributed by atoms with van der Waals surface area (Å²) >= 11 is 0. The smallest absolute Gasteiger partial charge is 0.123 e. The molecule has 0 amide bonds. The van der Waals surface area contributed by atoms with Crippen LogP contribution < -0.4 is 5.32 Å². The van der Waals surface area contributed by atoms with Gasteiger partial charge in [-0.05, 0) is 54.5 Å². The minimum Gasteiger partial charge on any atom is -0.385 e. The van der Waals surface area contributed by atoms with Crippen molar-refractivity contribution in [2.24, 2.45) is 0 Å². The normalized spacial score (nSPS) is 17.6. The summed E-state index contributed by atoms with van der Waals surface area (Å²) < 4.78 is 13.2. The molecule has 0 saturated carbocycles. The zero-order valence-corrected chi connectivity index (χ0v) is 10.9. The predicted molar refractivity (Wildman–Crippen MR) is 77.0 cm³/mol. The number of fused-ring (bicyclic) bond motifs is 1. The van der Waals surface area contributed by atoms with Crippen LogP contribution in [-0.2, 0) is 6.42 Å². The van der Waals surface area contributed by atoms with Crippen LogP contribution in [0.15, 0.2) is 48.5 Å². The number of hydrogen-bond donors (Lipinski definition) is 1. The van der Waals surface area contributed by atoms with Crippen molar-refractivity contribution in [3.63, 3.8) is 0 Å². The lowest BCUT2D eigenvalue weighted by molar-refractivity contribution is 0.575. The number of nitrogens with one attached hydrogen (secondary N) is 1. The van der Waals surface area contributed by atoms with Gasteiger partial charge in [-0.3, -0.25) is 0 Å². The maximum atomic E-state index is 13.2. The van der Waals surface area contributed by atoms with Crippen molar-refractivity contribution in [3.05, 3.63) is 65.5 Å². The summed E-state index contributed by atoms with van der Waals surface area (Å²) in [5, 5.41) is 3.44. The minimum absolute atomic E-state index is 0.136. The van der Waals surface area contributed by atoms with E-state index in [1.54, 1.807) is 12.1 Å². The van der Waals surface area contributed by atoms with Crippen LogP contribution in [0.4, 0.5) is 10.1 Å². The van der Waals surface area contributed by atoms with Gasteiger partial charge in [0.2, 0.25) is 0 Å². The Balaban J connectivity index is 1.71. The predicted octanol–water partition coefficient (Wildman–Crippen LogP) is 4.36. The molecule has 0 bridgehead atoms. The van der Waals surface area contributed by atoms with Gasteiger partial charge >= 0.3 is 0 Å². The Labute approximate surface area is 113 Å². The summed E-state index contributed by atoms with van der Waals surface area (Å²) in [7, 11) is 0. The van der Waals surface area contributed by atoms with Gasteiger partial charge in [0, 0.05) is 12.2 Å². The van der Waals surface area contributed by atoms with Gasteiger partial charge in [0.15, 0.2) is 0 Å². The van der Waals surface area contributed by atoms with Gasteiger partial charge in [-0.2, -0.15) is 0 Å². The quantitative estimate of drug-likeness (QED) is 0.859. The molecule has 1 aliphatic heterocycles. The van der Waals surface area contributed by atoms with Gasteiger partial charge < -0.3 is 5.32 Å². The number of anilines is 1. The Morgan fingerprint density at radius 3 is 2.89 bits per heavy atom. The molecular weight excluding hydrogens is 237 g/mol. The molecule has 2 heteroatoms. The van der Waals surface area contributed by atoms with Gasteiger partial charge in [0.25, 0.3) is 0 Å². The molecule has 1 aliphatic rings. The van der Waals surface area contributed by atoms with Gasteiger partial charge in [-0.25, -0.2) is 4.39 Å². The lowest BCUT2D eigenvalue weighted by atomic mass is 9.86. The van der Waals surface area contributed by atoms with Crippen LogP contribution in [0, 0.1) is 5.82 Å². The second-order valence-electron chi connectivity index (χ2n) is 5.17. The minimum atomic E-state index is -0.136. The molecule has 1 heterocycles. The van der Waals surface area contributed by atoms with E-state index in [0.29, 0.717) is 5.92 Å². The molecule has 0 aromatic heterocycles. The number of aryl methyl sites for hydroxylation is 1. The standard InChI is InChI=1S/C17H18FN/c18-15-5-3-4-13(12-15)8-9-14-10-11-19-17-7-2-1-6-16(14)17/h1-7,12,14,19H,8-11H2. The zero-order chi connectivity index (χ0) is 13.1. The number of halogens is 1. The topological polar surface area (TPSA) is 12.0 Å². The highest BCUT2D eigenvalue weighted by Crippen LogP contribution is 2.34. The third kappa shape index (κ3) is 2.78. The van der Waals surface area contributed by atoms with E-state index in [1.165, 1.54) is 17.3 Å². The van der Waals surface area contributed by atoms with E-state index < -0.39 is 0 Å². The average molecular weight is 255 g/mol. The van der Waals surface area contributed by atoms with Crippen LogP contribution in [-0.4, -0.2) is 6.54 Å². The molecule has 98 valence electrons. The molecule has 0 spiro atoms. The lowest BCUT2D eigenvalue weighted by Gasteiger charge is -2.26. The SMILES string of the molecule is Fc1cccc(CCC2CCNc3ccccc32)c1. The van der Waals surface area contributed by atoms with Gasteiger partial charge in [0.1, 0.15) is 5.82 Å². The Morgan fingerprint density at radius 2 is 2.00 bits per heavy atom. The Kier molecular flexibility index (Phi) is 3.49. The summed E-state index contributed by atoms with van der Waals surface area (Å²) in [5.41, 5.74) is 3.76. The van der Waals surface area contributed by atoms with Crippen LogP contribution in [0.5, 0.6) is 0 Å². The monoisotopic (exact) mass is 255 g/mol. The Morgan fingerprint density at radius 1 is 1.11 bits per heavy atom. The number of hydrogen-bond acceptors (Lipinski definition) is 1. The second-order valence-corrected chi connectivity index (χ2v) is 5.17. The van der Waals surface area contributed by atoms with Crippen molar-refractivity contribution in [2.75, 3.05) is 11.9 Å². The van der Waals surface area contributed by atoms with Crippen LogP contribution in [0.1, 0.15) is 29.9 Å². The van der Waals surface area contributed by atoms with Crippen molar-refractivity contribution in [3.8, 4) is 0 Å². The third-order valence-corrected chi connectivity index (χ3v) is 3.88. The highest BCUT2D eigenvalue weighted by atomic mass is 19.1. The van der Waals surface area contributed by atoms with E-state index >= 15 is 0 Å². The highest BCUT2D eigenvalue weighted by Gasteiger charge is 2.19. The first-order valence-electron chi connectivity index (χ1n) is 6.90. The maximum absolute atomic E-state index is 13.2. The van der Waals surface area contributed by atoms with E-state index in [0.717, 1.165) is 31.4 Å². The van der Waals surface area contributed by atoms with Gasteiger partial charge in [-0.1, -0.05) is 30.3 Å². The first-order chi connectivity index (χ1) is 9.33. The maximum Gasteiger partial charge on any atom is 0.123 e. The van der Waals surface area contributed by atoms with E-state index in [4.69, 9.17) is 0 Å². The van der Waals surface area contributed by atoms with Gasteiger partial charge in [-0.15, -0.1) is 0 Å².